The van der Waals surface area contributed by atoms with Gasteiger partial charge in [-0.1, -0.05) is 0 Å². The predicted octanol–water partition coefficient (Wildman–Crippen LogP) is -8.81. The van der Waals surface area contributed by atoms with Crippen molar-refractivity contribution in [2.45, 2.75) is 19.4 Å². The van der Waals surface area contributed by atoms with Gasteiger partial charge in [0.1, 0.15) is 0 Å². The second-order valence-electron chi connectivity index (χ2n) is 1.45. The Bertz CT molecular complexity index is 86.3. The topological polar surface area (TPSA) is 57.5 Å². The van der Waals surface area contributed by atoms with Gasteiger partial charge < -0.3 is 14.5 Å². The Morgan fingerprint density at radius 1 is 1.50 bits per heavy atom. The molecule has 0 spiro atoms. The van der Waals surface area contributed by atoms with Crippen LogP contribution in [0.2, 0.25) is 0 Å². The Balaban J connectivity index is -0.0000000120. The number of carboxylic acids is 1. The van der Waals surface area contributed by atoms with Gasteiger partial charge >= 0.3 is 94.6 Å². The summed E-state index contributed by atoms with van der Waals surface area (Å²) in [6.45, 7) is 1.44. The Hall–Kier alpha value is 2.43. The molecule has 10 heavy (non-hydrogen) atoms. The summed E-state index contributed by atoms with van der Waals surface area (Å²) in [4.78, 5) is 9.65. The number of aliphatic hydroxyl groups is 1. The quantitative estimate of drug-likeness (QED) is 0.411. The fourth-order valence-corrected chi connectivity index (χ4v) is 0.253. The van der Waals surface area contributed by atoms with Crippen LogP contribution in [0, 0.1) is 0 Å². The number of rotatable bonds is 2. The van der Waals surface area contributed by atoms with Crippen LogP contribution in [0.1, 0.15) is 17.6 Å². The zero-order chi connectivity index (χ0) is 5.86. The van der Waals surface area contributed by atoms with Gasteiger partial charge in [0.25, 0.3) is 0 Å². The molecule has 0 aromatic heterocycles. The SMILES string of the molecule is CC(O)CC(=O)O.[H-].[H-].[H-].[Na+].[Na+].[Na+]. The van der Waals surface area contributed by atoms with Gasteiger partial charge in [-0.2, -0.15) is 0 Å². The Labute approximate surface area is 131 Å². The molecule has 0 bridgehead atoms. The molecule has 0 aliphatic heterocycles. The first-order valence-electron chi connectivity index (χ1n) is 2.03. The van der Waals surface area contributed by atoms with Crippen molar-refractivity contribution in [3.05, 3.63) is 0 Å². The first-order chi connectivity index (χ1) is 3.13. The van der Waals surface area contributed by atoms with Crippen molar-refractivity contribution < 1.29 is 108 Å². The van der Waals surface area contributed by atoms with Gasteiger partial charge in [-0.05, 0) is 6.92 Å². The molecule has 0 saturated heterocycles. The molecule has 0 amide bonds. The summed E-state index contributed by atoms with van der Waals surface area (Å²) >= 11 is 0. The Kier molecular flexibility index (Phi) is 32.0. The van der Waals surface area contributed by atoms with Crippen LogP contribution in [0.15, 0.2) is 0 Å². The summed E-state index contributed by atoms with van der Waals surface area (Å²) in [5.41, 5.74) is 0. The monoisotopic (exact) mass is 176 g/mol. The predicted molar refractivity (Wildman–Crippen MR) is 27.3 cm³/mol. The number of carboxylic acid groups (broad SMARTS) is 1. The van der Waals surface area contributed by atoms with E-state index in [2.05, 4.69) is 0 Å². The molecule has 0 aliphatic carbocycles. The van der Waals surface area contributed by atoms with Crippen LogP contribution in [0.4, 0.5) is 0 Å². The van der Waals surface area contributed by atoms with Gasteiger partial charge in [-0.3, -0.25) is 4.79 Å². The summed E-state index contributed by atoms with van der Waals surface area (Å²) < 4.78 is 0. The molecule has 0 aromatic carbocycles. The smallest absolute Gasteiger partial charge is 1.00 e. The van der Waals surface area contributed by atoms with Gasteiger partial charge in [0, 0.05) is 0 Å². The summed E-state index contributed by atoms with van der Waals surface area (Å²) in [5.74, 6) is -0.963. The van der Waals surface area contributed by atoms with E-state index in [1.165, 1.54) is 6.92 Å². The van der Waals surface area contributed by atoms with Gasteiger partial charge in [-0.25, -0.2) is 0 Å². The molecule has 0 rings (SSSR count). The van der Waals surface area contributed by atoms with E-state index in [1.54, 1.807) is 0 Å². The van der Waals surface area contributed by atoms with E-state index < -0.39 is 12.1 Å². The van der Waals surface area contributed by atoms with Crippen molar-refractivity contribution in [3.63, 3.8) is 0 Å². The Morgan fingerprint density at radius 2 is 1.80 bits per heavy atom. The third-order valence-corrected chi connectivity index (χ3v) is 0.470. The fourth-order valence-electron chi connectivity index (χ4n) is 0.253. The standard InChI is InChI=1S/C4H8O3.3Na.3H/c1-3(5)2-4(6)7;;;;;;/h3,5H,2H2,1H3,(H,6,7);;;;;;/q;3*+1;3*-1. The second kappa shape index (κ2) is 14.0. The van der Waals surface area contributed by atoms with Gasteiger partial charge in [0.15, 0.2) is 0 Å². The first-order valence-corrected chi connectivity index (χ1v) is 2.03. The Morgan fingerprint density at radius 3 is 1.80 bits per heavy atom. The molecule has 1 unspecified atom stereocenters. The molecule has 0 heterocycles. The molecule has 0 radical (unpaired) electrons. The largest absolute Gasteiger partial charge is 1.00 e. The average Bonchev–Trinajstić information content (AvgIpc) is 1.27. The minimum Gasteiger partial charge on any atom is -1.00 e. The van der Waals surface area contributed by atoms with Gasteiger partial charge in [0.05, 0.1) is 12.5 Å². The maximum absolute atomic E-state index is 9.65. The van der Waals surface area contributed by atoms with Gasteiger partial charge in [0.2, 0.25) is 0 Å². The normalized spacial score (nSPS) is 9.40. The van der Waals surface area contributed by atoms with Crippen molar-refractivity contribution >= 4 is 5.97 Å². The van der Waals surface area contributed by atoms with Crippen LogP contribution in [0.25, 0.3) is 0 Å². The van der Waals surface area contributed by atoms with Crippen molar-refractivity contribution in [2.24, 2.45) is 0 Å². The van der Waals surface area contributed by atoms with Crippen LogP contribution < -0.4 is 88.7 Å². The van der Waals surface area contributed by atoms with Crippen LogP contribution in [-0.2, 0) is 4.79 Å². The number of hydrogen-bond acceptors (Lipinski definition) is 2. The third-order valence-electron chi connectivity index (χ3n) is 0.470. The molecule has 3 nitrogen and oxygen atoms in total. The van der Waals surface area contributed by atoms with Crippen molar-refractivity contribution in [1.29, 1.82) is 0 Å². The van der Waals surface area contributed by atoms with Crippen LogP contribution in [0.5, 0.6) is 0 Å². The minimum atomic E-state index is -0.963. The average molecular weight is 176 g/mol. The molecule has 2 N–H and O–H groups in total. The maximum atomic E-state index is 9.65. The van der Waals surface area contributed by atoms with E-state index in [1.807, 2.05) is 0 Å². The molecular weight excluding hydrogens is 165 g/mol. The van der Waals surface area contributed by atoms with E-state index in [9.17, 15) is 4.79 Å². The second-order valence-corrected chi connectivity index (χ2v) is 1.45. The molecule has 0 saturated carbocycles. The third kappa shape index (κ3) is 22.4. The zero-order valence-electron chi connectivity index (χ0n) is 10.1. The maximum Gasteiger partial charge on any atom is 1.00 e. The first kappa shape index (κ1) is 22.9. The summed E-state index contributed by atoms with van der Waals surface area (Å²) in [6.07, 6.45) is -0.891. The molecular formula is C4H11Na3O3. The van der Waals surface area contributed by atoms with Crippen LogP contribution >= 0.6 is 0 Å². The summed E-state index contributed by atoms with van der Waals surface area (Å²) in [7, 11) is 0. The molecule has 6 heteroatoms. The summed E-state index contributed by atoms with van der Waals surface area (Å²) in [6, 6.07) is 0. The van der Waals surface area contributed by atoms with E-state index in [4.69, 9.17) is 10.2 Å². The molecule has 0 aromatic rings. The molecule has 0 aliphatic rings. The number of carbonyl (C=O) groups is 1. The number of hydrogen-bond donors (Lipinski definition) is 2. The minimum absolute atomic E-state index is 0. The molecule has 48 valence electrons. The van der Waals surface area contributed by atoms with Crippen molar-refractivity contribution in [3.8, 4) is 0 Å². The van der Waals surface area contributed by atoms with E-state index >= 15 is 0 Å². The van der Waals surface area contributed by atoms with Crippen molar-refractivity contribution in [1.82, 2.24) is 0 Å². The number of aliphatic hydroxyl groups excluding tert-OH is 1. The zero-order valence-corrected chi connectivity index (χ0v) is 13.1. The van der Waals surface area contributed by atoms with E-state index in [0.29, 0.717) is 0 Å². The van der Waals surface area contributed by atoms with E-state index in [-0.39, 0.29) is 99.4 Å². The van der Waals surface area contributed by atoms with Crippen LogP contribution in [-0.4, -0.2) is 22.3 Å². The summed E-state index contributed by atoms with van der Waals surface area (Å²) in [5, 5.41) is 16.3. The van der Waals surface area contributed by atoms with E-state index in [0.717, 1.165) is 0 Å². The molecule has 1 atom stereocenters. The van der Waals surface area contributed by atoms with Crippen molar-refractivity contribution in [2.75, 3.05) is 0 Å². The fraction of sp³-hybridized carbons (Fsp3) is 0.750. The molecule has 0 fully saturated rings. The van der Waals surface area contributed by atoms with Gasteiger partial charge in [-0.15, -0.1) is 0 Å². The number of aliphatic carboxylic acids is 1. The van der Waals surface area contributed by atoms with Crippen LogP contribution in [0.3, 0.4) is 0 Å².